The van der Waals surface area contributed by atoms with Gasteiger partial charge in [0.05, 0.1) is 5.41 Å². The van der Waals surface area contributed by atoms with Crippen molar-refractivity contribution in [2.45, 2.75) is 65.3 Å². The van der Waals surface area contributed by atoms with E-state index in [9.17, 15) is 4.79 Å². The number of carbonyl (C=O) groups is 1. The number of nitrogens with one attached hydrogen (secondary N) is 1. The Morgan fingerprint density at radius 2 is 1.85 bits per heavy atom. The van der Waals surface area contributed by atoms with Gasteiger partial charge in [-0.2, -0.15) is 0 Å². The Kier molecular flexibility index (Phi) is 7.52. The summed E-state index contributed by atoms with van der Waals surface area (Å²) in [6.07, 6.45) is 6.32. The molecule has 0 bridgehead atoms. The van der Waals surface area contributed by atoms with Crippen LogP contribution in [-0.4, -0.2) is 43.0 Å². The number of unbranched alkanes of at least 4 members (excludes halogenated alkanes) is 1. The zero-order valence-electron chi connectivity index (χ0n) is 13.6. The molecule has 0 spiro atoms. The minimum atomic E-state index is -0.362. The van der Waals surface area contributed by atoms with Gasteiger partial charge in [0.2, 0.25) is 5.91 Å². The minimum absolute atomic E-state index is 0.164. The largest absolute Gasteiger partial charge is 0.353 e. The molecule has 118 valence electrons. The lowest BCUT2D eigenvalue weighted by Crippen LogP contribution is -2.51. The van der Waals surface area contributed by atoms with Gasteiger partial charge in [-0.05, 0) is 38.6 Å². The fraction of sp³-hybridized carbons (Fsp3) is 0.938. The zero-order valence-corrected chi connectivity index (χ0v) is 13.6. The summed E-state index contributed by atoms with van der Waals surface area (Å²) < 4.78 is 0. The van der Waals surface area contributed by atoms with Crippen molar-refractivity contribution in [1.82, 2.24) is 10.2 Å². The van der Waals surface area contributed by atoms with E-state index in [-0.39, 0.29) is 11.3 Å². The Bertz CT molecular complexity index is 273. The maximum atomic E-state index is 12.5. The van der Waals surface area contributed by atoms with E-state index < -0.39 is 0 Å². The zero-order chi connectivity index (χ0) is 15.0. The van der Waals surface area contributed by atoms with Gasteiger partial charge >= 0.3 is 0 Å². The van der Waals surface area contributed by atoms with E-state index in [1.54, 1.807) is 0 Å². The van der Waals surface area contributed by atoms with Crippen LogP contribution in [-0.2, 0) is 4.79 Å². The van der Waals surface area contributed by atoms with Gasteiger partial charge in [-0.3, -0.25) is 4.79 Å². The first-order chi connectivity index (χ1) is 9.61. The highest BCUT2D eigenvalue weighted by Crippen LogP contribution is 2.26. The van der Waals surface area contributed by atoms with Crippen LogP contribution < -0.4 is 11.1 Å². The summed E-state index contributed by atoms with van der Waals surface area (Å²) in [7, 11) is 0. The number of hydrogen-bond acceptors (Lipinski definition) is 3. The number of amides is 1. The fourth-order valence-corrected chi connectivity index (χ4v) is 2.97. The van der Waals surface area contributed by atoms with Crippen LogP contribution >= 0.6 is 0 Å². The van der Waals surface area contributed by atoms with E-state index in [0.29, 0.717) is 12.6 Å². The first-order valence-electron chi connectivity index (χ1n) is 8.35. The molecule has 1 rings (SSSR count). The van der Waals surface area contributed by atoms with E-state index in [1.165, 1.54) is 19.4 Å². The number of nitrogens with two attached hydrogens (primary N) is 1. The monoisotopic (exact) mass is 283 g/mol. The highest BCUT2D eigenvalue weighted by atomic mass is 16.2. The number of hydrogen-bond donors (Lipinski definition) is 2. The van der Waals surface area contributed by atoms with Crippen molar-refractivity contribution in [1.29, 1.82) is 0 Å². The predicted molar refractivity (Wildman–Crippen MR) is 84.6 cm³/mol. The molecular weight excluding hydrogens is 250 g/mol. The lowest BCUT2D eigenvalue weighted by Gasteiger charge is -2.35. The minimum Gasteiger partial charge on any atom is -0.353 e. The van der Waals surface area contributed by atoms with Crippen LogP contribution in [0.2, 0.25) is 0 Å². The lowest BCUT2D eigenvalue weighted by atomic mass is 9.81. The second kappa shape index (κ2) is 8.63. The van der Waals surface area contributed by atoms with Crippen LogP contribution in [0.5, 0.6) is 0 Å². The first-order valence-corrected chi connectivity index (χ1v) is 8.35. The van der Waals surface area contributed by atoms with Crippen LogP contribution in [0.15, 0.2) is 0 Å². The van der Waals surface area contributed by atoms with E-state index in [2.05, 4.69) is 31.0 Å². The molecular formula is C16H33N3O. The van der Waals surface area contributed by atoms with Gasteiger partial charge in [-0.25, -0.2) is 0 Å². The molecule has 0 atom stereocenters. The smallest absolute Gasteiger partial charge is 0.227 e. The molecule has 0 aromatic heterocycles. The molecule has 1 fully saturated rings. The summed E-state index contributed by atoms with van der Waals surface area (Å²) >= 11 is 0. The lowest BCUT2D eigenvalue weighted by molar-refractivity contribution is -0.132. The van der Waals surface area contributed by atoms with Crippen LogP contribution in [0.1, 0.15) is 59.3 Å². The van der Waals surface area contributed by atoms with Crippen molar-refractivity contribution >= 4 is 5.91 Å². The number of nitrogens with zero attached hydrogens (tertiary/aromatic N) is 1. The maximum Gasteiger partial charge on any atom is 0.227 e. The number of piperidine rings is 1. The number of carbonyl (C=O) groups excluding carboxylic acids is 1. The summed E-state index contributed by atoms with van der Waals surface area (Å²) in [5, 5.41) is 3.24. The second-order valence-electron chi connectivity index (χ2n) is 6.13. The summed E-state index contributed by atoms with van der Waals surface area (Å²) in [6.45, 7) is 10.2. The average Bonchev–Trinajstić information content (AvgIpc) is 2.49. The van der Waals surface area contributed by atoms with Gasteiger partial charge in [-0.15, -0.1) is 0 Å². The van der Waals surface area contributed by atoms with Crippen LogP contribution in [0.3, 0.4) is 0 Å². The van der Waals surface area contributed by atoms with E-state index in [0.717, 1.165) is 38.8 Å². The normalized spacial score (nSPS) is 18.2. The van der Waals surface area contributed by atoms with Crippen LogP contribution in [0, 0.1) is 5.41 Å². The Labute approximate surface area is 124 Å². The molecule has 0 saturated carbocycles. The molecule has 1 aliphatic heterocycles. The third-order valence-electron chi connectivity index (χ3n) is 4.98. The molecule has 1 heterocycles. The topological polar surface area (TPSA) is 58.4 Å². The Morgan fingerprint density at radius 1 is 1.25 bits per heavy atom. The van der Waals surface area contributed by atoms with Gasteiger partial charge in [0.1, 0.15) is 0 Å². The molecule has 20 heavy (non-hydrogen) atoms. The second-order valence-corrected chi connectivity index (χ2v) is 6.13. The molecule has 0 radical (unpaired) electrons. The molecule has 1 amide bonds. The molecule has 0 aromatic carbocycles. The quantitative estimate of drug-likeness (QED) is 0.717. The number of likely N-dealkylation sites (tertiary alicyclic amines) is 1. The van der Waals surface area contributed by atoms with E-state index in [4.69, 9.17) is 5.73 Å². The van der Waals surface area contributed by atoms with Crippen molar-refractivity contribution in [3.8, 4) is 0 Å². The summed E-state index contributed by atoms with van der Waals surface area (Å²) in [4.78, 5) is 15.0. The van der Waals surface area contributed by atoms with Gasteiger partial charge in [0.25, 0.3) is 0 Å². The van der Waals surface area contributed by atoms with E-state index >= 15 is 0 Å². The summed E-state index contributed by atoms with van der Waals surface area (Å²) in [6, 6.07) is 0.337. The maximum absolute atomic E-state index is 12.5. The third kappa shape index (κ3) is 4.45. The Balaban J connectivity index is 2.41. The van der Waals surface area contributed by atoms with Gasteiger partial charge in [-0.1, -0.05) is 27.2 Å². The number of rotatable bonds is 8. The molecule has 3 N–H and O–H groups in total. The SMILES string of the molecule is CCCCN1CCC(NC(=O)C(CC)(CC)CN)CC1. The highest BCUT2D eigenvalue weighted by molar-refractivity contribution is 5.83. The molecule has 0 aromatic rings. The molecule has 1 aliphatic rings. The van der Waals surface area contributed by atoms with Crippen molar-refractivity contribution in [2.75, 3.05) is 26.2 Å². The average molecular weight is 283 g/mol. The van der Waals surface area contributed by atoms with Gasteiger partial charge in [0, 0.05) is 25.7 Å². The molecule has 4 heteroatoms. The van der Waals surface area contributed by atoms with Crippen molar-refractivity contribution < 1.29 is 4.79 Å². The van der Waals surface area contributed by atoms with Crippen LogP contribution in [0.25, 0.3) is 0 Å². The molecule has 0 aliphatic carbocycles. The van der Waals surface area contributed by atoms with Crippen molar-refractivity contribution in [3.63, 3.8) is 0 Å². The predicted octanol–water partition coefficient (Wildman–Crippen LogP) is 2.13. The van der Waals surface area contributed by atoms with Crippen molar-refractivity contribution in [2.24, 2.45) is 11.1 Å². The highest BCUT2D eigenvalue weighted by Gasteiger charge is 2.34. The summed E-state index contributed by atoms with van der Waals surface area (Å²) in [5.74, 6) is 0.164. The van der Waals surface area contributed by atoms with E-state index in [1.807, 2.05) is 0 Å². The standard InChI is InChI=1S/C16H33N3O/c1-4-7-10-19-11-8-14(9-12-19)18-15(20)16(5-2,6-3)13-17/h14H,4-13,17H2,1-3H3,(H,18,20). The first kappa shape index (κ1) is 17.4. The Morgan fingerprint density at radius 3 is 2.30 bits per heavy atom. The molecule has 1 saturated heterocycles. The van der Waals surface area contributed by atoms with Gasteiger partial charge in [0.15, 0.2) is 0 Å². The van der Waals surface area contributed by atoms with Crippen LogP contribution in [0.4, 0.5) is 0 Å². The summed E-state index contributed by atoms with van der Waals surface area (Å²) in [5.41, 5.74) is 5.48. The molecule has 4 nitrogen and oxygen atoms in total. The molecule has 0 unspecified atom stereocenters. The fourth-order valence-electron chi connectivity index (χ4n) is 2.97. The Hall–Kier alpha value is -0.610. The third-order valence-corrected chi connectivity index (χ3v) is 4.98. The van der Waals surface area contributed by atoms with Crippen molar-refractivity contribution in [3.05, 3.63) is 0 Å². The van der Waals surface area contributed by atoms with Gasteiger partial charge < -0.3 is 16.0 Å².